The monoisotopic (exact) mass is 321 g/mol. The van der Waals surface area contributed by atoms with Gasteiger partial charge in [-0.15, -0.1) is 0 Å². The van der Waals surface area contributed by atoms with Crippen LogP contribution in [0.25, 0.3) is 0 Å². The first-order chi connectivity index (χ1) is 10.2. The first-order valence-corrected chi connectivity index (χ1v) is 8.11. The molecule has 0 unspecified atom stereocenters. The number of rotatable bonds is 4. The largest absolute Gasteiger partial charge is 0.548 e. The Bertz CT molecular complexity index is 833. The van der Waals surface area contributed by atoms with Crippen molar-refractivity contribution in [2.45, 2.75) is 37.1 Å². The van der Waals surface area contributed by atoms with Crippen LogP contribution in [0.15, 0.2) is 34.1 Å². The third-order valence-electron chi connectivity index (χ3n) is 3.70. The highest BCUT2D eigenvalue weighted by Gasteiger charge is 2.28. The van der Waals surface area contributed by atoms with E-state index in [2.05, 4.69) is 0 Å². The van der Waals surface area contributed by atoms with Gasteiger partial charge >= 0.3 is 0 Å². The number of hydrogen-bond acceptors (Lipinski definition) is 5. The lowest BCUT2D eigenvalue weighted by Crippen LogP contribution is -2.28. The van der Waals surface area contributed by atoms with Gasteiger partial charge in [0.15, 0.2) is 0 Å². The molecule has 0 radical (unpaired) electrons. The lowest BCUT2D eigenvalue weighted by atomic mass is 10.2. The zero-order chi connectivity index (χ0) is 16.7. The van der Waals surface area contributed by atoms with Gasteiger partial charge in [0.05, 0.1) is 17.4 Å². The fraction of sp³-hybridized carbons (Fsp3) is 0.267. The lowest BCUT2D eigenvalue weighted by Gasteiger charge is -2.10. The smallest absolute Gasteiger partial charge is 0.210 e. The molecule has 118 valence electrons. The quantitative estimate of drug-likeness (QED) is 0.886. The van der Waals surface area contributed by atoms with E-state index in [0.717, 1.165) is 5.56 Å². The number of nitrogens with two attached hydrogens (primary N) is 1. The van der Waals surface area contributed by atoms with Crippen molar-refractivity contribution in [1.82, 2.24) is 4.57 Å². The minimum Gasteiger partial charge on any atom is -0.548 e. The van der Waals surface area contributed by atoms with Crippen molar-refractivity contribution in [2.75, 3.05) is 5.73 Å². The number of carboxylic acids is 1. The van der Waals surface area contributed by atoms with E-state index in [4.69, 9.17) is 5.73 Å². The Morgan fingerprint density at radius 1 is 1.18 bits per heavy atom. The van der Waals surface area contributed by atoms with Gasteiger partial charge < -0.3 is 20.2 Å². The molecule has 1 heterocycles. The van der Waals surface area contributed by atoms with Gasteiger partial charge in [-0.3, -0.25) is 0 Å². The van der Waals surface area contributed by atoms with Gasteiger partial charge in [0, 0.05) is 5.69 Å². The highest BCUT2D eigenvalue weighted by atomic mass is 32.2. The molecule has 22 heavy (non-hydrogen) atoms. The summed E-state index contributed by atoms with van der Waals surface area (Å²) < 4.78 is 26.8. The van der Waals surface area contributed by atoms with E-state index in [1.165, 1.54) is 16.7 Å². The molecule has 2 rings (SSSR count). The number of hydrogen-bond donors (Lipinski definition) is 1. The van der Waals surface area contributed by atoms with Crippen LogP contribution in [0.5, 0.6) is 0 Å². The van der Waals surface area contributed by atoms with Gasteiger partial charge in [-0.05, 0) is 38.5 Å². The predicted octanol–water partition coefficient (Wildman–Crippen LogP) is 0.578. The molecular weight excluding hydrogens is 304 g/mol. The van der Waals surface area contributed by atoms with Crippen LogP contribution in [0.3, 0.4) is 0 Å². The van der Waals surface area contributed by atoms with Crippen molar-refractivity contribution in [3.63, 3.8) is 0 Å². The molecule has 0 fully saturated rings. The van der Waals surface area contributed by atoms with Gasteiger partial charge in [-0.25, -0.2) is 8.42 Å². The van der Waals surface area contributed by atoms with Crippen molar-refractivity contribution in [2.24, 2.45) is 0 Å². The molecule has 0 aliphatic rings. The molecule has 0 spiro atoms. The number of anilines is 1. The second kappa shape index (κ2) is 5.49. The normalized spacial score (nSPS) is 11.6. The molecular formula is C15H17N2O4S-. The number of nitrogens with zero attached hydrogens (tertiary/aromatic N) is 1. The molecule has 0 aliphatic heterocycles. The van der Waals surface area contributed by atoms with Crippen LogP contribution in [0.1, 0.15) is 16.8 Å². The minimum absolute atomic E-state index is 0.0462. The van der Waals surface area contributed by atoms with Crippen molar-refractivity contribution in [3.8, 4) is 0 Å². The number of carbonyl (C=O) groups excluding carboxylic acids is 1. The number of carbonyl (C=O) groups is 1. The van der Waals surface area contributed by atoms with Crippen molar-refractivity contribution >= 4 is 21.6 Å². The summed E-state index contributed by atoms with van der Waals surface area (Å²) in [7, 11) is -3.81. The van der Waals surface area contributed by atoms with Crippen molar-refractivity contribution in [3.05, 3.63) is 41.1 Å². The van der Waals surface area contributed by atoms with Gasteiger partial charge in [0.2, 0.25) is 9.84 Å². The average molecular weight is 321 g/mol. The first-order valence-electron chi connectivity index (χ1n) is 6.63. The van der Waals surface area contributed by atoms with E-state index >= 15 is 0 Å². The van der Waals surface area contributed by atoms with Gasteiger partial charge in [0.25, 0.3) is 0 Å². The first kappa shape index (κ1) is 16.1. The summed E-state index contributed by atoms with van der Waals surface area (Å²) in [6.45, 7) is 4.61. The van der Waals surface area contributed by atoms with Crippen LogP contribution in [0.4, 0.5) is 5.82 Å². The van der Waals surface area contributed by atoms with Crippen molar-refractivity contribution in [1.29, 1.82) is 0 Å². The number of aliphatic carboxylic acids is 1. The lowest BCUT2D eigenvalue weighted by molar-refractivity contribution is -0.306. The summed E-state index contributed by atoms with van der Waals surface area (Å²) in [5.74, 6) is -1.41. The molecule has 0 saturated heterocycles. The van der Waals surface area contributed by atoms with Gasteiger partial charge in [0.1, 0.15) is 10.7 Å². The molecule has 6 nitrogen and oxygen atoms in total. The van der Waals surface area contributed by atoms with Crippen LogP contribution in [0, 0.1) is 20.8 Å². The Morgan fingerprint density at radius 3 is 2.23 bits per heavy atom. The molecule has 0 amide bonds. The number of aromatic nitrogens is 1. The second-order valence-electron chi connectivity index (χ2n) is 5.20. The fourth-order valence-electron chi connectivity index (χ4n) is 2.37. The van der Waals surface area contributed by atoms with Gasteiger partial charge in [-0.1, -0.05) is 17.7 Å². The standard InChI is InChI=1S/C15H18N2O4S/c1-9-4-6-12(7-5-9)22(20,21)14-10(2)11(3)17(15(14)16)8-13(18)19/h4-7H,8,16H2,1-3H3,(H,18,19)/p-1. The molecule has 0 bridgehead atoms. The molecule has 0 aliphatic carbocycles. The SMILES string of the molecule is Cc1ccc(S(=O)(=O)c2c(C)c(C)n(CC(=O)[O-])c2N)cc1. The minimum atomic E-state index is -3.81. The third kappa shape index (κ3) is 2.59. The van der Waals surface area contributed by atoms with E-state index in [1.54, 1.807) is 26.0 Å². The fourth-order valence-corrected chi connectivity index (χ4v) is 4.04. The molecule has 2 N–H and O–H groups in total. The van der Waals surface area contributed by atoms with E-state index in [1.807, 2.05) is 6.92 Å². The second-order valence-corrected chi connectivity index (χ2v) is 7.09. The molecule has 2 aromatic rings. The maximum atomic E-state index is 12.8. The number of carboxylic acid groups (broad SMARTS) is 1. The van der Waals surface area contributed by atoms with Crippen LogP contribution < -0.4 is 10.8 Å². The van der Waals surface area contributed by atoms with Crippen LogP contribution in [-0.2, 0) is 21.2 Å². The number of benzene rings is 1. The molecule has 1 aromatic heterocycles. The van der Waals surface area contributed by atoms with E-state index in [-0.39, 0.29) is 15.6 Å². The Hall–Kier alpha value is -2.28. The average Bonchev–Trinajstić information content (AvgIpc) is 2.63. The van der Waals surface area contributed by atoms with Crippen LogP contribution >= 0.6 is 0 Å². The summed E-state index contributed by atoms with van der Waals surface area (Å²) in [6, 6.07) is 6.41. The summed E-state index contributed by atoms with van der Waals surface area (Å²) in [5, 5.41) is 10.8. The zero-order valence-corrected chi connectivity index (χ0v) is 13.4. The van der Waals surface area contributed by atoms with Crippen molar-refractivity contribution < 1.29 is 18.3 Å². The highest BCUT2D eigenvalue weighted by molar-refractivity contribution is 7.91. The Kier molecular flexibility index (Phi) is 4.02. The summed E-state index contributed by atoms with van der Waals surface area (Å²) in [6.07, 6.45) is 0. The molecule has 1 aromatic carbocycles. The van der Waals surface area contributed by atoms with E-state index in [9.17, 15) is 18.3 Å². The molecule has 7 heteroatoms. The number of nitrogen functional groups attached to an aromatic ring is 1. The Balaban J connectivity index is 2.66. The zero-order valence-electron chi connectivity index (χ0n) is 12.6. The van der Waals surface area contributed by atoms with E-state index < -0.39 is 22.4 Å². The molecule has 0 saturated carbocycles. The van der Waals surface area contributed by atoms with E-state index in [0.29, 0.717) is 11.3 Å². The topological polar surface area (TPSA) is 105 Å². The molecule has 0 atom stereocenters. The maximum Gasteiger partial charge on any atom is 0.210 e. The number of aryl methyl sites for hydroxylation is 1. The maximum absolute atomic E-state index is 12.8. The van der Waals surface area contributed by atoms with Crippen LogP contribution in [0.2, 0.25) is 0 Å². The Morgan fingerprint density at radius 2 is 1.73 bits per heavy atom. The summed E-state index contributed by atoms with van der Waals surface area (Å²) >= 11 is 0. The third-order valence-corrected chi connectivity index (χ3v) is 5.64. The summed E-state index contributed by atoms with van der Waals surface area (Å²) in [4.78, 5) is 10.9. The van der Waals surface area contributed by atoms with Gasteiger partial charge in [-0.2, -0.15) is 0 Å². The predicted molar refractivity (Wildman–Crippen MR) is 80.0 cm³/mol. The highest BCUT2D eigenvalue weighted by Crippen LogP contribution is 2.33. The Labute approximate surface area is 129 Å². The van der Waals surface area contributed by atoms with Crippen LogP contribution in [-0.4, -0.2) is 19.0 Å². The number of sulfone groups is 1. The summed E-state index contributed by atoms with van der Waals surface area (Å²) in [5.41, 5.74) is 7.78.